The SMILES string of the molecule is CC1c2cc(O)ccc2CCN1C(=O)OC(C)(C)C. The van der Waals surface area contributed by atoms with Gasteiger partial charge >= 0.3 is 6.09 Å². The largest absolute Gasteiger partial charge is 0.508 e. The lowest BCUT2D eigenvalue weighted by molar-refractivity contribution is 0.0159. The molecule has 0 radical (unpaired) electrons. The van der Waals surface area contributed by atoms with Crippen LogP contribution >= 0.6 is 0 Å². The Kier molecular flexibility index (Phi) is 3.43. The molecule has 0 aromatic heterocycles. The van der Waals surface area contributed by atoms with Crippen LogP contribution in [0, 0.1) is 0 Å². The molecule has 19 heavy (non-hydrogen) atoms. The Hall–Kier alpha value is -1.71. The Balaban J connectivity index is 2.21. The number of aromatic hydroxyl groups is 1. The summed E-state index contributed by atoms with van der Waals surface area (Å²) in [7, 11) is 0. The Morgan fingerprint density at radius 1 is 1.42 bits per heavy atom. The molecule has 1 aliphatic heterocycles. The number of hydrogen-bond donors (Lipinski definition) is 1. The second-order valence-corrected chi connectivity index (χ2v) is 5.98. The molecule has 1 amide bonds. The van der Waals surface area contributed by atoms with Crippen molar-refractivity contribution in [2.75, 3.05) is 6.54 Å². The van der Waals surface area contributed by atoms with Gasteiger partial charge in [-0.15, -0.1) is 0 Å². The Bertz CT molecular complexity index is 491. The summed E-state index contributed by atoms with van der Waals surface area (Å²) >= 11 is 0. The van der Waals surface area contributed by atoms with Crippen LogP contribution in [0.3, 0.4) is 0 Å². The number of rotatable bonds is 0. The molecular weight excluding hydrogens is 242 g/mol. The molecule has 0 aliphatic carbocycles. The summed E-state index contributed by atoms with van der Waals surface area (Å²) < 4.78 is 5.42. The molecule has 1 unspecified atom stereocenters. The number of phenols is 1. The highest BCUT2D eigenvalue weighted by molar-refractivity contribution is 5.69. The Morgan fingerprint density at radius 2 is 2.11 bits per heavy atom. The average molecular weight is 263 g/mol. The molecule has 1 heterocycles. The second kappa shape index (κ2) is 4.76. The van der Waals surface area contributed by atoms with E-state index in [1.807, 2.05) is 33.8 Å². The molecule has 1 N–H and O–H groups in total. The zero-order valence-corrected chi connectivity index (χ0v) is 11.9. The molecule has 0 spiro atoms. The summed E-state index contributed by atoms with van der Waals surface area (Å²) in [5.41, 5.74) is 1.69. The van der Waals surface area contributed by atoms with E-state index in [9.17, 15) is 9.90 Å². The predicted molar refractivity (Wildman–Crippen MR) is 73.2 cm³/mol. The minimum absolute atomic E-state index is 0.0781. The Morgan fingerprint density at radius 3 is 2.74 bits per heavy atom. The molecular formula is C15H21NO3. The third-order valence-corrected chi connectivity index (χ3v) is 3.30. The van der Waals surface area contributed by atoms with Crippen LogP contribution in [0.15, 0.2) is 18.2 Å². The highest BCUT2D eigenvalue weighted by Gasteiger charge is 2.31. The molecule has 2 rings (SSSR count). The van der Waals surface area contributed by atoms with E-state index in [4.69, 9.17) is 4.74 Å². The van der Waals surface area contributed by atoms with Gasteiger partial charge in [0.1, 0.15) is 11.4 Å². The maximum Gasteiger partial charge on any atom is 0.410 e. The van der Waals surface area contributed by atoms with Gasteiger partial charge in [-0.05, 0) is 57.4 Å². The van der Waals surface area contributed by atoms with Gasteiger partial charge in [0.15, 0.2) is 0 Å². The van der Waals surface area contributed by atoms with E-state index < -0.39 is 5.60 Å². The number of fused-ring (bicyclic) bond motifs is 1. The van der Waals surface area contributed by atoms with Crippen molar-refractivity contribution in [3.8, 4) is 5.75 Å². The van der Waals surface area contributed by atoms with Crippen molar-refractivity contribution in [3.05, 3.63) is 29.3 Å². The maximum absolute atomic E-state index is 12.2. The first-order valence-corrected chi connectivity index (χ1v) is 6.59. The molecule has 0 fully saturated rings. The minimum Gasteiger partial charge on any atom is -0.508 e. The zero-order chi connectivity index (χ0) is 14.2. The van der Waals surface area contributed by atoms with Crippen LogP contribution < -0.4 is 0 Å². The van der Waals surface area contributed by atoms with Gasteiger partial charge in [-0.25, -0.2) is 4.79 Å². The molecule has 4 nitrogen and oxygen atoms in total. The van der Waals surface area contributed by atoms with E-state index in [1.165, 1.54) is 5.56 Å². The smallest absolute Gasteiger partial charge is 0.410 e. The van der Waals surface area contributed by atoms with Crippen molar-refractivity contribution < 1.29 is 14.6 Å². The fraction of sp³-hybridized carbons (Fsp3) is 0.533. The van der Waals surface area contributed by atoms with Gasteiger partial charge in [0.2, 0.25) is 0 Å². The molecule has 4 heteroatoms. The second-order valence-electron chi connectivity index (χ2n) is 5.98. The molecule has 0 bridgehead atoms. The first-order chi connectivity index (χ1) is 8.78. The fourth-order valence-corrected chi connectivity index (χ4v) is 2.37. The molecule has 1 aromatic rings. The summed E-state index contributed by atoms with van der Waals surface area (Å²) in [5, 5.41) is 9.58. The number of hydrogen-bond acceptors (Lipinski definition) is 3. The average Bonchev–Trinajstić information content (AvgIpc) is 2.28. The van der Waals surface area contributed by atoms with Crippen LogP contribution in [-0.4, -0.2) is 28.2 Å². The monoisotopic (exact) mass is 263 g/mol. The van der Waals surface area contributed by atoms with Crippen LogP contribution in [0.1, 0.15) is 44.9 Å². The van der Waals surface area contributed by atoms with Crippen LogP contribution in [-0.2, 0) is 11.2 Å². The van der Waals surface area contributed by atoms with Gasteiger partial charge in [0, 0.05) is 6.54 Å². The van der Waals surface area contributed by atoms with E-state index in [0.29, 0.717) is 6.54 Å². The standard InChI is InChI=1S/C15H21NO3/c1-10-13-9-12(17)6-5-11(13)7-8-16(10)14(18)19-15(2,3)4/h5-6,9-10,17H,7-8H2,1-4H3. The topological polar surface area (TPSA) is 49.8 Å². The summed E-state index contributed by atoms with van der Waals surface area (Å²) in [6.07, 6.45) is 0.494. The maximum atomic E-state index is 12.2. The van der Waals surface area contributed by atoms with Crippen molar-refractivity contribution in [3.63, 3.8) is 0 Å². The quantitative estimate of drug-likeness (QED) is 0.781. The number of nitrogens with zero attached hydrogens (tertiary/aromatic N) is 1. The third-order valence-electron chi connectivity index (χ3n) is 3.30. The molecule has 0 saturated carbocycles. The van der Waals surface area contributed by atoms with Gasteiger partial charge in [0.05, 0.1) is 6.04 Å². The van der Waals surface area contributed by atoms with Crippen molar-refractivity contribution in [2.24, 2.45) is 0 Å². The lowest BCUT2D eigenvalue weighted by Gasteiger charge is -2.36. The third kappa shape index (κ3) is 3.00. The van der Waals surface area contributed by atoms with E-state index >= 15 is 0 Å². The van der Waals surface area contributed by atoms with E-state index in [0.717, 1.165) is 12.0 Å². The van der Waals surface area contributed by atoms with Crippen molar-refractivity contribution in [2.45, 2.75) is 45.8 Å². The van der Waals surface area contributed by atoms with Crippen LogP contribution in [0.25, 0.3) is 0 Å². The lowest BCUT2D eigenvalue weighted by atomic mass is 9.93. The predicted octanol–water partition coefficient (Wildman–Crippen LogP) is 3.25. The molecule has 1 atom stereocenters. The van der Waals surface area contributed by atoms with Crippen LogP contribution in [0.5, 0.6) is 5.75 Å². The van der Waals surface area contributed by atoms with Gasteiger partial charge in [0.25, 0.3) is 0 Å². The van der Waals surface area contributed by atoms with Crippen LogP contribution in [0.2, 0.25) is 0 Å². The van der Waals surface area contributed by atoms with E-state index in [2.05, 4.69) is 0 Å². The summed E-state index contributed by atoms with van der Waals surface area (Å²) in [5.74, 6) is 0.233. The number of phenolic OH excluding ortho intramolecular Hbond substituents is 1. The summed E-state index contributed by atoms with van der Waals surface area (Å²) in [4.78, 5) is 13.9. The molecule has 1 aliphatic rings. The highest BCUT2D eigenvalue weighted by Crippen LogP contribution is 2.32. The first kappa shape index (κ1) is 13.7. The van der Waals surface area contributed by atoms with Gasteiger partial charge < -0.3 is 14.7 Å². The fourth-order valence-electron chi connectivity index (χ4n) is 2.37. The summed E-state index contributed by atoms with van der Waals surface area (Å²) in [6, 6.07) is 5.27. The number of amides is 1. The van der Waals surface area contributed by atoms with Crippen molar-refractivity contribution >= 4 is 6.09 Å². The normalized spacial score (nSPS) is 18.9. The first-order valence-electron chi connectivity index (χ1n) is 6.59. The zero-order valence-electron chi connectivity index (χ0n) is 11.9. The number of carbonyl (C=O) groups excluding carboxylic acids is 1. The number of carbonyl (C=O) groups is 1. The van der Waals surface area contributed by atoms with Crippen LogP contribution in [0.4, 0.5) is 4.79 Å². The van der Waals surface area contributed by atoms with Gasteiger partial charge in [-0.3, -0.25) is 0 Å². The molecule has 104 valence electrons. The van der Waals surface area contributed by atoms with Crippen molar-refractivity contribution in [1.82, 2.24) is 4.90 Å². The van der Waals surface area contributed by atoms with Crippen molar-refractivity contribution in [1.29, 1.82) is 0 Å². The van der Waals surface area contributed by atoms with Gasteiger partial charge in [-0.1, -0.05) is 6.07 Å². The highest BCUT2D eigenvalue weighted by atomic mass is 16.6. The number of benzene rings is 1. The van der Waals surface area contributed by atoms with Gasteiger partial charge in [-0.2, -0.15) is 0 Å². The van der Waals surface area contributed by atoms with E-state index in [-0.39, 0.29) is 17.9 Å². The lowest BCUT2D eigenvalue weighted by Crippen LogP contribution is -2.42. The summed E-state index contributed by atoms with van der Waals surface area (Å²) in [6.45, 7) is 8.19. The van der Waals surface area contributed by atoms with E-state index in [1.54, 1.807) is 17.0 Å². The molecule has 1 aromatic carbocycles. The number of ether oxygens (including phenoxy) is 1. The minimum atomic E-state index is -0.490. The Labute approximate surface area is 114 Å². The molecule has 0 saturated heterocycles.